The van der Waals surface area contributed by atoms with Crippen molar-refractivity contribution in [2.24, 2.45) is 0 Å². The van der Waals surface area contributed by atoms with Crippen LogP contribution in [0, 0.1) is 6.92 Å². The highest BCUT2D eigenvalue weighted by atomic mass is 32.2. The van der Waals surface area contributed by atoms with E-state index in [0.717, 1.165) is 11.3 Å². The van der Waals surface area contributed by atoms with Gasteiger partial charge < -0.3 is 5.11 Å². The minimum Gasteiger partial charge on any atom is -0.481 e. The summed E-state index contributed by atoms with van der Waals surface area (Å²) < 4.78 is 29.3. The molecule has 0 aliphatic carbocycles. The van der Waals surface area contributed by atoms with Crippen molar-refractivity contribution in [2.75, 3.05) is 6.54 Å². The molecule has 0 saturated heterocycles. The zero-order valence-corrected chi connectivity index (χ0v) is 14.9. The lowest BCUT2D eigenvalue weighted by molar-refractivity contribution is -0.136. The van der Waals surface area contributed by atoms with Gasteiger partial charge in [0.2, 0.25) is 10.0 Å². The van der Waals surface area contributed by atoms with E-state index in [-0.39, 0.29) is 13.0 Å². The highest BCUT2D eigenvalue weighted by molar-refractivity contribution is 7.89. The summed E-state index contributed by atoms with van der Waals surface area (Å²) in [5.41, 5.74) is 2.21. The molecular weight excluding hydrogens is 342 g/mol. The van der Waals surface area contributed by atoms with Crippen molar-refractivity contribution in [2.45, 2.75) is 44.2 Å². The number of rotatable bonds is 5. The molecule has 0 fully saturated rings. The standard InChI is InChI=1S/C17H21N3O4S/c1-13-5-2-3-6-16(13)25(23,24)19-9-4-10-20-15(12-19)11-14(18-20)7-8-17(21)22/h2-3,5-6,11H,4,7-10,12H2,1H3,(H,21,22). The summed E-state index contributed by atoms with van der Waals surface area (Å²) in [5.74, 6) is -0.869. The Hall–Kier alpha value is -2.19. The Morgan fingerprint density at radius 3 is 2.76 bits per heavy atom. The lowest BCUT2D eigenvalue weighted by Crippen LogP contribution is -2.31. The third-order valence-electron chi connectivity index (χ3n) is 4.34. The van der Waals surface area contributed by atoms with Crippen LogP contribution in [0.3, 0.4) is 0 Å². The van der Waals surface area contributed by atoms with Crippen LogP contribution in [0.2, 0.25) is 0 Å². The van der Waals surface area contributed by atoms with Crippen molar-refractivity contribution in [3.05, 3.63) is 47.3 Å². The lowest BCUT2D eigenvalue weighted by atomic mass is 10.2. The molecule has 0 radical (unpaired) electrons. The Morgan fingerprint density at radius 1 is 1.28 bits per heavy atom. The van der Waals surface area contributed by atoms with Gasteiger partial charge in [-0.05, 0) is 31.0 Å². The molecule has 0 bridgehead atoms. The van der Waals surface area contributed by atoms with E-state index in [1.807, 2.05) is 12.1 Å². The van der Waals surface area contributed by atoms with E-state index in [4.69, 9.17) is 5.11 Å². The molecule has 1 aromatic carbocycles. The molecule has 1 N–H and O–H groups in total. The van der Waals surface area contributed by atoms with E-state index >= 15 is 0 Å². The maximum Gasteiger partial charge on any atom is 0.303 e. The van der Waals surface area contributed by atoms with Crippen molar-refractivity contribution in [1.29, 1.82) is 0 Å². The molecule has 2 heterocycles. The smallest absolute Gasteiger partial charge is 0.303 e. The van der Waals surface area contributed by atoms with Crippen LogP contribution in [-0.2, 0) is 34.3 Å². The molecular formula is C17H21N3O4S. The van der Waals surface area contributed by atoms with E-state index < -0.39 is 16.0 Å². The maximum absolute atomic E-state index is 13.0. The molecule has 3 rings (SSSR count). The molecule has 25 heavy (non-hydrogen) atoms. The SMILES string of the molecule is Cc1ccccc1S(=O)(=O)N1CCCn2nc(CCC(=O)O)cc2C1. The van der Waals surface area contributed by atoms with Crippen molar-refractivity contribution in [1.82, 2.24) is 14.1 Å². The number of carboxylic acid groups (broad SMARTS) is 1. The summed E-state index contributed by atoms with van der Waals surface area (Å²) in [6, 6.07) is 8.78. The van der Waals surface area contributed by atoms with Crippen LogP contribution < -0.4 is 0 Å². The van der Waals surface area contributed by atoms with Crippen LogP contribution in [0.15, 0.2) is 35.2 Å². The van der Waals surface area contributed by atoms with Gasteiger partial charge in [0, 0.05) is 19.5 Å². The fourth-order valence-electron chi connectivity index (χ4n) is 3.04. The zero-order valence-electron chi connectivity index (χ0n) is 14.1. The third kappa shape index (κ3) is 3.74. The number of aliphatic carboxylic acids is 1. The molecule has 1 aliphatic heterocycles. The topological polar surface area (TPSA) is 92.5 Å². The number of hydrogen-bond acceptors (Lipinski definition) is 4. The Bertz CT molecular complexity index is 889. The number of hydrogen-bond donors (Lipinski definition) is 1. The first-order chi connectivity index (χ1) is 11.9. The number of aromatic nitrogens is 2. The van der Waals surface area contributed by atoms with Crippen molar-refractivity contribution < 1.29 is 18.3 Å². The minimum atomic E-state index is -3.58. The maximum atomic E-state index is 13.0. The predicted molar refractivity (Wildman–Crippen MR) is 91.6 cm³/mol. The van der Waals surface area contributed by atoms with Crippen molar-refractivity contribution >= 4 is 16.0 Å². The van der Waals surface area contributed by atoms with Gasteiger partial charge >= 0.3 is 5.97 Å². The van der Waals surface area contributed by atoms with Gasteiger partial charge in [-0.15, -0.1) is 0 Å². The number of aryl methyl sites for hydroxylation is 3. The molecule has 0 saturated carbocycles. The van der Waals surface area contributed by atoms with Crippen LogP contribution >= 0.6 is 0 Å². The summed E-state index contributed by atoms with van der Waals surface area (Å²) in [6.07, 6.45) is 1.03. The highest BCUT2D eigenvalue weighted by Crippen LogP contribution is 2.24. The van der Waals surface area contributed by atoms with Gasteiger partial charge in [-0.1, -0.05) is 18.2 Å². The highest BCUT2D eigenvalue weighted by Gasteiger charge is 2.28. The van der Waals surface area contributed by atoms with E-state index in [1.165, 1.54) is 4.31 Å². The number of benzene rings is 1. The summed E-state index contributed by atoms with van der Waals surface area (Å²) in [5, 5.41) is 13.2. The van der Waals surface area contributed by atoms with Crippen LogP contribution in [0.4, 0.5) is 0 Å². The second-order valence-electron chi connectivity index (χ2n) is 6.20. The molecule has 1 aromatic heterocycles. The third-order valence-corrected chi connectivity index (χ3v) is 6.34. The fraction of sp³-hybridized carbons (Fsp3) is 0.412. The van der Waals surface area contributed by atoms with Gasteiger partial charge in [0.1, 0.15) is 0 Å². The average Bonchev–Trinajstić information content (AvgIpc) is 2.83. The monoisotopic (exact) mass is 363 g/mol. The first-order valence-electron chi connectivity index (χ1n) is 8.21. The van der Waals surface area contributed by atoms with Gasteiger partial charge in [-0.3, -0.25) is 9.48 Å². The number of nitrogens with zero attached hydrogens (tertiary/aromatic N) is 3. The van der Waals surface area contributed by atoms with Gasteiger partial charge in [-0.2, -0.15) is 9.40 Å². The van der Waals surface area contributed by atoms with Crippen molar-refractivity contribution in [3.63, 3.8) is 0 Å². The predicted octanol–water partition coefficient (Wildman–Crippen LogP) is 1.80. The summed E-state index contributed by atoms with van der Waals surface area (Å²) in [6.45, 7) is 3.10. The first kappa shape index (κ1) is 17.6. The van der Waals surface area contributed by atoms with Crippen LogP contribution in [0.1, 0.15) is 29.8 Å². The molecule has 0 unspecified atom stereocenters. The second-order valence-corrected chi connectivity index (χ2v) is 8.11. The Morgan fingerprint density at radius 2 is 2.04 bits per heavy atom. The first-order valence-corrected chi connectivity index (χ1v) is 9.65. The second kappa shape index (κ2) is 6.97. The largest absolute Gasteiger partial charge is 0.481 e. The zero-order chi connectivity index (χ0) is 18.0. The molecule has 0 spiro atoms. The van der Waals surface area contributed by atoms with Crippen LogP contribution in [0.5, 0.6) is 0 Å². The van der Waals surface area contributed by atoms with E-state index in [2.05, 4.69) is 5.10 Å². The molecule has 0 atom stereocenters. The van der Waals surface area contributed by atoms with Gasteiger partial charge in [0.25, 0.3) is 0 Å². The normalized spacial score (nSPS) is 15.6. The van der Waals surface area contributed by atoms with Gasteiger partial charge in [-0.25, -0.2) is 8.42 Å². The Kier molecular flexibility index (Phi) is 4.91. The number of fused-ring (bicyclic) bond motifs is 1. The Labute approximate surface area is 146 Å². The molecule has 134 valence electrons. The van der Waals surface area contributed by atoms with E-state index in [0.29, 0.717) is 36.5 Å². The van der Waals surface area contributed by atoms with Crippen LogP contribution in [0.25, 0.3) is 0 Å². The van der Waals surface area contributed by atoms with E-state index in [1.54, 1.807) is 29.8 Å². The average molecular weight is 363 g/mol. The summed E-state index contributed by atoms with van der Waals surface area (Å²) in [7, 11) is -3.58. The number of carboxylic acids is 1. The molecule has 8 heteroatoms. The summed E-state index contributed by atoms with van der Waals surface area (Å²) >= 11 is 0. The number of carbonyl (C=O) groups is 1. The quantitative estimate of drug-likeness (QED) is 0.874. The minimum absolute atomic E-state index is 0.0156. The molecule has 0 amide bonds. The van der Waals surface area contributed by atoms with Gasteiger partial charge in [0.05, 0.1) is 29.2 Å². The lowest BCUT2D eigenvalue weighted by Gasteiger charge is -2.20. The summed E-state index contributed by atoms with van der Waals surface area (Å²) in [4.78, 5) is 11.0. The molecule has 7 nitrogen and oxygen atoms in total. The van der Waals surface area contributed by atoms with Gasteiger partial charge in [0.15, 0.2) is 0 Å². The molecule has 2 aromatic rings. The molecule has 1 aliphatic rings. The van der Waals surface area contributed by atoms with Crippen LogP contribution in [-0.4, -0.2) is 40.1 Å². The van der Waals surface area contributed by atoms with E-state index in [9.17, 15) is 13.2 Å². The number of sulfonamides is 1. The van der Waals surface area contributed by atoms with Crippen molar-refractivity contribution in [3.8, 4) is 0 Å². The fourth-order valence-corrected chi connectivity index (χ4v) is 4.72. The Balaban J connectivity index is 1.86.